The molecule has 0 spiro atoms. The summed E-state index contributed by atoms with van der Waals surface area (Å²) in [4.78, 5) is 0. The number of rotatable bonds is 5. The zero-order valence-electron chi connectivity index (χ0n) is 11.4. The Balaban J connectivity index is 2.36. The van der Waals surface area contributed by atoms with Crippen molar-refractivity contribution in [3.8, 4) is 0 Å². The molecule has 0 bridgehead atoms. The van der Waals surface area contributed by atoms with Crippen molar-refractivity contribution in [2.24, 2.45) is 0 Å². The lowest BCUT2D eigenvalue weighted by Gasteiger charge is -2.29. The summed E-state index contributed by atoms with van der Waals surface area (Å²) in [7, 11) is 0. The van der Waals surface area contributed by atoms with Gasteiger partial charge in [0.1, 0.15) is 5.82 Å². The van der Waals surface area contributed by atoms with Crippen LogP contribution in [0.2, 0.25) is 5.02 Å². The lowest BCUT2D eigenvalue weighted by molar-refractivity contribution is 0.0269. The van der Waals surface area contributed by atoms with Crippen LogP contribution in [0, 0.1) is 5.82 Å². The fourth-order valence-electron chi connectivity index (χ4n) is 2.49. The Bertz CT molecular complexity index is 570. The Morgan fingerprint density at radius 2 is 1.85 bits per heavy atom. The molecule has 1 N–H and O–H groups in total. The average molecular weight is 293 g/mol. The van der Waals surface area contributed by atoms with Crippen LogP contribution in [-0.4, -0.2) is 5.11 Å². The van der Waals surface area contributed by atoms with E-state index in [9.17, 15) is 9.50 Å². The minimum absolute atomic E-state index is 0.307. The highest BCUT2D eigenvalue weighted by Crippen LogP contribution is 2.33. The Morgan fingerprint density at radius 3 is 2.50 bits per heavy atom. The van der Waals surface area contributed by atoms with Crippen molar-refractivity contribution in [3.63, 3.8) is 0 Å². The molecule has 0 saturated heterocycles. The van der Waals surface area contributed by atoms with Gasteiger partial charge in [-0.15, -0.1) is 0 Å². The van der Waals surface area contributed by atoms with Crippen LogP contribution in [0.1, 0.15) is 30.9 Å². The summed E-state index contributed by atoms with van der Waals surface area (Å²) < 4.78 is 13.4. The molecule has 2 rings (SSSR count). The van der Waals surface area contributed by atoms with Crippen molar-refractivity contribution in [2.45, 2.75) is 31.8 Å². The molecule has 106 valence electrons. The van der Waals surface area contributed by atoms with E-state index in [2.05, 4.69) is 0 Å². The van der Waals surface area contributed by atoms with E-state index >= 15 is 0 Å². The van der Waals surface area contributed by atoms with E-state index in [-0.39, 0.29) is 5.82 Å². The van der Waals surface area contributed by atoms with E-state index < -0.39 is 5.60 Å². The first-order valence-electron chi connectivity index (χ1n) is 6.77. The third-order valence-corrected chi connectivity index (χ3v) is 3.83. The van der Waals surface area contributed by atoms with Gasteiger partial charge in [-0.1, -0.05) is 55.3 Å². The topological polar surface area (TPSA) is 20.2 Å². The van der Waals surface area contributed by atoms with Gasteiger partial charge in [0.25, 0.3) is 0 Å². The van der Waals surface area contributed by atoms with Gasteiger partial charge in [-0.25, -0.2) is 4.39 Å². The predicted molar refractivity (Wildman–Crippen MR) is 80.4 cm³/mol. The molecule has 1 nitrogen and oxygen atoms in total. The largest absolute Gasteiger partial charge is 0.385 e. The minimum atomic E-state index is -1.02. The molecule has 3 heteroatoms. The van der Waals surface area contributed by atoms with Crippen LogP contribution in [0.3, 0.4) is 0 Å². The van der Waals surface area contributed by atoms with Gasteiger partial charge in [-0.3, -0.25) is 0 Å². The Hall–Kier alpha value is -1.38. The maximum absolute atomic E-state index is 13.4. The Morgan fingerprint density at radius 1 is 1.15 bits per heavy atom. The van der Waals surface area contributed by atoms with Crippen LogP contribution in [-0.2, 0) is 12.0 Å². The molecular formula is C17H18ClFO. The van der Waals surface area contributed by atoms with Crippen LogP contribution >= 0.6 is 11.6 Å². The van der Waals surface area contributed by atoms with Crippen molar-refractivity contribution in [1.29, 1.82) is 0 Å². The molecule has 0 aromatic heterocycles. The second-order valence-electron chi connectivity index (χ2n) is 5.06. The highest BCUT2D eigenvalue weighted by molar-refractivity contribution is 6.31. The maximum atomic E-state index is 13.4. The van der Waals surface area contributed by atoms with Gasteiger partial charge in [-0.2, -0.15) is 0 Å². The second kappa shape index (κ2) is 6.38. The molecule has 2 aromatic rings. The van der Waals surface area contributed by atoms with Crippen molar-refractivity contribution in [3.05, 3.63) is 70.5 Å². The van der Waals surface area contributed by atoms with E-state index in [0.717, 1.165) is 12.0 Å². The van der Waals surface area contributed by atoms with Crippen molar-refractivity contribution >= 4 is 11.6 Å². The molecule has 1 unspecified atom stereocenters. The normalized spacial score (nSPS) is 14.0. The molecule has 0 heterocycles. The molecule has 0 saturated carbocycles. The summed E-state index contributed by atoms with van der Waals surface area (Å²) in [6, 6.07) is 13.7. The summed E-state index contributed by atoms with van der Waals surface area (Å²) in [5.74, 6) is -0.337. The lowest BCUT2D eigenvalue weighted by Crippen LogP contribution is -2.28. The van der Waals surface area contributed by atoms with Crippen LogP contribution in [0.4, 0.5) is 4.39 Å². The molecule has 1 atom stereocenters. The zero-order chi connectivity index (χ0) is 14.6. The zero-order valence-corrected chi connectivity index (χ0v) is 12.2. The SMILES string of the molecule is CCCC(O)(Cc1cc(F)ccc1Cl)c1ccccc1. The van der Waals surface area contributed by atoms with Gasteiger partial charge in [0, 0.05) is 11.4 Å². The van der Waals surface area contributed by atoms with E-state index in [1.807, 2.05) is 37.3 Å². The van der Waals surface area contributed by atoms with Crippen LogP contribution < -0.4 is 0 Å². The summed E-state index contributed by atoms with van der Waals surface area (Å²) >= 11 is 6.11. The van der Waals surface area contributed by atoms with Crippen molar-refractivity contribution in [2.75, 3.05) is 0 Å². The molecule has 20 heavy (non-hydrogen) atoms. The second-order valence-corrected chi connectivity index (χ2v) is 5.47. The Kier molecular flexibility index (Phi) is 4.79. The lowest BCUT2D eigenvalue weighted by atomic mass is 9.83. The minimum Gasteiger partial charge on any atom is -0.385 e. The van der Waals surface area contributed by atoms with Gasteiger partial charge in [-0.05, 0) is 35.7 Å². The fraction of sp³-hybridized carbons (Fsp3) is 0.294. The van der Waals surface area contributed by atoms with Crippen molar-refractivity contribution < 1.29 is 9.50 Å². The molecule has 0 aliphatic carbocycles. The molecule has 0 radical (unpaired) electrons. The van der Waals surface area contributed by atoms with E-state index in [4.69, 9.17) is 11.6 Å². The van der Waals surface area contributed by atoms with Crippen LogP contribution in [0.15, 0.2) is 48.5 Å². The highest BCUT2D eigenvalue weighted by atomic mass is 35.5. The highest BCUT2D eigenvalue weighted by Gasteiger charge is 2.29. The maximum Gasteiger partial charge on any atom is 0.123 e. The summed E-state index contributed by atoms with van der Waals surface area (Å²) in [5, 5.41) is 11.5. The summed E-state index contributed by atoms with van der Waals surface area (Å²) in [6.45, 7) is 2.01. The Labute approximate surface area is 124 Å². The first-order chi connectivity index (χ1) is 9.55. The van der Waals surface area contributed by atoms with E-state index in [1.54, 1.807) is 0 Å². The number of hydrogen-bond acceptors (Lipinski definition) is 1. The predicted octanol–water partition coefficient (Wildman–Crippen LogP) is 4.71. The third kappa shape index (κ3) is 3.38. The van der Waals surface area contributed by atoms with Gasteiger partial charge in [0.05, 0.1) is 5.60 Å². The number of halogens is 2. The third-order valence-electron chi connectivity index (χ3n) is 3.47. The summed E-state index contributed by atoms with van der Waals surface area (Å²) in [6.07, 6.45) is 1.74. The van der Waals surface area contributed by atoms with E-state index in [0.29, 0.717) is 23.4 Å². The smallest absolute Gasteiger partial charge is 0.123 e. The quantitative estimate of drug-likeness (QED) is 0.846. The molecule has 0 aliphatic rings. The number of hydrogen-bond donors (Lipinski definition) is 1. The van der Waals surface area contributed by atoms with E-state index in [1.165, 1.54) is 18.2 Å². The van der Waals surface area contributed by atoms with Crippen molar-refractivity contribution in [1.82, 2.24) is 0 Å². The molecule has 2 aromatic carbocycles. The van der Waals surface area contributed by atoms with Gasteiger partial charge < -0.3 is 5.11 Å². The van der Waals surface area contributed by atoms with Gasteiger partial charge in [0.2, 0.25) is 0 Å². The van der Waals surface area contributed by atoms with Crippen LogP contribution in [0.25, 0.3) is 0 Å². The van der Waals surface area contributed by atoms with Crippen LogP contribution in [0.5, 0.6) is 0 Å². The summed E-state index contributed by atoms with van der Waals surface area (Å²) in [5.41, 5.74) is 0.446. The monoisotopic (exact) mass is 292 g/mol. The average Bonchev–Trinajstić information content (AvgIpc) is 2.44. The molecular weight excluding hydrogens is 275 g/mol. The van der Waals surface area contributed by atoms with Gasteiger partial charge in [0.15, 0.2) is 0 Å². The fourth-order valence-corrected chi connectivity index (χ4v) is 2.67. The van der Waals surface area contributed by atoms with Gasteiger partial charge >= 0.3 is 0 Å². The first kappa shape index (κ1) is 15.0. The molecule has 0 aliphatic heterocycles. The first-order valence-corrected chi connectivity index (χ1v) is 7.15. The molecule has 0 amide bonds. The molecule has 0 fully saturated rings. The number of benzene rings is 2. The standard InChI is InChI=1S/C17H18ClFO/c1-2-10-17(20,14-6-4-3-5-7-14)12-13-11-15(19)8-9-16(13)18/h3-9,11,20H,2,10,12H2,1H3. The number of aliphatic hydroxyl groups is 1.